The summed E-state index contributed by atoms with van der Waals surface area (Å²) in [4.78, 5) is 2.27. The van der Waals surface area contributed by atoms with Gasteiger partial charge in [-0.15, -0.1) is 0 Å². The molecule has 0 radical (unpaired) electrons. The molecule has 1 heterocycles. The third-order valence-corrected chi connectivity index (χ3v) is 6.07. The molecule has 1 aromatic carbocycles. The van der Waals surface area contributed by atoms with Gasteiger partial charge < -0.3 is 4.90 Å². The highest BCUT2D eigenvalue weighted by Gasteiger charge is 2.25. The van der Waals surface area contributed by atoms with Gasteiger partial charge in [-0.3, -0.25) is 0 Å². The van der Waals surface area contributed by atoms with Crippen LogP contribution in [0.1, 0.15) is 25.3 Å². The lowest BCUT2D eigenvalue weighted by Gasteiger charge is -2.34. The van der Waals surface area contributed by atoms with E-state index in [0.717, 1.165) is 44.5 Å². The molecule has 1 aromatic rings. The molecule has 0 bridgehead atoms. The highest BCUT2D eigenvalue weighted by molar-refractivity contribution is 7.89. The molecule has 6 heteroatoms. The van der Waals surface area contributed by atoms with Crippen LogP contribution < -0.4 is 0 Å². The number of piperazine rings is 1. The van der Waals surface area contributed by atoms with Crippen molar-refractivity contribution in [1.29, 1.82) is 0 Å². The molecule has 0 amide bonds. The molecule has 1 aliphatic rings. The van der Waals surface area contributed by atoms with Gasteiger partial charge in [-0.05, 0) is 30.5 Å². The van der Waals surface area contributed by atoms with E-state index in [0.29, 0.717) is 13.1 Å². The Morgan fingerprint density at radius 1 is 1.09 bits per heavy atom. The summed E-state index contributed by atoms with van der Waals surface area (Å²) in [5.41, 5.74) is 1.11. The SMILES string of the molecule is CCCCS(=O)(=O)N1CCN(CCc2ccc(F)cc2)CC1. The first-order valence-corrected chi connectivity index (χ1v) is 9.57. The van der Waals surface area contributed by atoms with Crippen molar-refractivity contribution in [2.24, 2.45) is 0 Å². The van der Waals surface area contributed by atoms with Crippen LogP contribution in [0.4, 0.5) is 4.39 Å². The van der Waals surface area contributed by atoms with Crippen molar-refractivity contribution in [2.75, 3.05) is 38.5 Å². The minimum atomic E-state index is -3.08. The molecule has 22 heavy (non-hydrogen) atoms. The van der Waals surface area contributed by atoms with Crippen molar-refractivity contribution in [1.82, 2.24) is 9.21 Å². The van der Waals surface area contributed by atoms with E-state index in [4.69, 9.17) is 0 Å². The molecule has 4 nitrogen and oxygen atoms in total. The fraction of sp³-hybridized carbons (Fsp3) is 0.625. The standard InChI is InChI=1S/C16H25FN2O2S/c1-2-3-14-22(20,21)19-12-10-18(11-13-19)9-8-15-4-6-16(17)7-5-15/h4-7H,2-3,8-14H2,1H3. The van der Waals surface area contributed by atoms with Crippen LogP contribution in [0.15, 0.2) is 24.3 Å². The van der Waals surface area contributed by atoms with Crippen molar-refractivity contribution >= 4 is 10.0 Å². The summed E-state index contributed by atoms with van der Waals surface area (Å²) in [6, 6.07) is 6.57. The van der Waals surface area contributed by atoms with E-state index in [9.17, 15) is 12.8 Å². The molecule has 1 aliphatic heterocycles. The van der Waals surface area contributed by atoms with Gasteiger partial charge in [0.2, 0.25) is 10.0 Å². The predicted octanol–water partition coefficient (Wildman–Crippen LogP) is 2.12. The monoisotopic (exact) mass is 328 g/mol. The molecule has 2 rings (SSSR count). The van der Waals surface area contributed by atoms with Gasteiger partial charge in [-0.25, -0.2) is 12.8 Å². The van der Waals surface area contributed by atoms with Gasteiger partial charge in [-0.2, -0.15) is 4.31 Å². The molecule has 1 saturated heterocycles. The van der Waals surface area contributed by atoms with Crippen molar-refractivity contribution < 1.29 is 12.8 Å². The minimum Gasteiger partial charge on any atom is -0.300 e. The van der Waals surface area contributed by atoms with Crippen molar-refractivity contribution in [3.63, 3.8) is 0 Å². The zero-order valence-corrected chi connectivity index (χ0v) is 14.0. The van der Waals surface area contributed by atoms with Gasteiger partial charge in [-0.1, -0.05) is 25.5 Å². The second kappa shape index (κ2) is 8.04. The van der Waals surface area contributed by atoms with E-state index in [1.165, 1.54) is 12.1 Å². The summed E-state index contributed by atoms with van der Waals surface area (Å²) in [5, 5.41) is 0. The smallest absolute Gasteiger partial charge is 0.214 e. The molecule has 0 spiro atoms. The molecule has 0 unspecified atom stereocenters. The van der Waals surface area contributed by atoms with Crippen LogP contribution >= 0.6 is 0 Å². The summed E-state index contributed by atoms with van der Waals surface area (Å²) >= 11 is 0. The lowest BCUT2D eigenvalue weighted by atomic mass is 10.1. The molecule has 124 valence electrons. The molecule has 0 aromatic heterocycles. The van der Waals surface area contributed by atoms with Gasteiger partial charge in [0, 0.05) is 32.7 Å². The van der Waals surface area contributed by atoms with E-state index in [-0.39, 0.29) is 11.6 Å². The normalized spacial score (nSPS) is 17.7. The van der Waals surface area contributed by atoms with E-state index >= 15 is 0 Å². The van der Waals surface area contributed by atoms with E-state index in [1.54, 1.807) is 16.4 Å². The van der Waals surface area contributed by atoms with E-state index in [2.05, 4.69) is 4.90 Å². The summed E-state index contributed by atoms with van der Waals surface area (Å²) in [7, 11) is -3.08. The molecule has 0 aliphatic carbocycles. The van der Waals surface area contributed by atoms with Crippen LogP contribution in [-0.2, 0) is 16.4 Å². The second-order valence-corrected chi connectivity index (χ2v) is 7.88. The largest absolute Gasteiger partial charge is 0.300 e. The lowest BCUT2D eigenvalue weighted by molar-refractivity contribution is 0.190. The summed E-state index contributed by atoms with van der Waals surface area (Å²) in [6.45, 7) is 5.58. The van der Waals surface area contributed by atoms with Crippen molar-refractivity contribution in [3.8, 4) is 0 Å². The zero-order chi connectivity index (χ0) is 16.0. The fourth-order valence-corrected chi connectivity index (χ4v) is 4.26. The molecule has 0 atom stereocenters. The summed E-state index contributed by atoms with van der Waals surface area (Å²) in [5.74, 6) is 0.0497. The maximum Gasteiger partial charge on any atom is 0.214 e. The summed E-state index contributed by atoms with van der Waals surface area (Å²) < 4.78 is 38.7. The first-order valence-electron chi connectivity index (χ1n) is 7.96. The Kier molecular flexibility index (Phi) is 6.35. The van der Waals surface area contributed by atoms with Gasteiger partial charge in [0.25, 0.3) is 0 Å². The Morgan fingerprint density at radius 3 is 2.32 bits per heavy atom. The number of hydrogen-bond acceptors (Lipinski definition) is 3. The van der Waals surface area contributed by atoms with Crippen molar-refractivity contribution in [2.45, 2.75) is 26.2 Å². The van der Waals surface area contributed by atoms with Gasteiger partial charge in [0.1, 0.15) is 5.82 Å². The first kappa shape index (κ1) is 17.4. The predicted molar refractivity (Wildman–Crippen MR) is 86.8 cm³/mol. The molecule has 1 fully saturated rings. The lowest BCUT2D eigenvalue weighted by Crippen LogP contribution is -2.49. The molecular formula is C16H25FN2O2S. The average molecular weight is 328 g/mol. The van der Waals surface area contributed by atoms with Gasteiger partial charge >= 0.3 is 0 Å². The van der Waals surface area contributed by atoms with E-state index < -0.39 is 10.0 Å². The quantitative estimate of drug-likeness (QED) is 0.770. The van der Waals surface area contributed by atoms with Crippen LogP contribution in [-0.4, -0.2) is 56.1 Å². The van der Waals surface area contributed by atoms with Crippen LogP contribution in [0, 0.1) is 5.82 Å². The Labute approximate surface area is 133 Å². The van der Waals surface area contributed by atoms with Crippen LogP contribution in [0.5, 0.6) is 0 Å². The van der Waals surface area contributed by atoms with Crippen molar-refractivity contribution in [3.05, 3.63) is 35.6 Å². The topological polar surface area (TPSA) is 40.6 Å². The number of benzene rings is 1. The highest BCUT2D eigenvalue weighted by atomic mass is 32.2. The number of nitrogens with zero attached hydrogens (tertiary/aromatic N) is 2. The minimum absolute atomic E-state index is 0.213. The number of unbranched alkanes of at least 4 members (excludes halogenated alkanes) is 1. The number of rotatable bonds is 7. The van der Waals surface area contributed by atoms with Crippen LogP contribution in [0.25, 0.3) is 0 Å². The Hall–Kier alpha value is -0.980. The fourth-order valence-electron chi connectivity index (χ4n) is 2.63. The summed E-state index contributed by atoms with van der Waals surface area (Å²) in [6.07, 6.45) is 2.49. The third kappa shape index (κ3) is 5.04. The van der Waals surface area contributed by atoms with Gasteiger partial charge in [0.05, 0.1) is 5.75 Å². The zero-order valence-electron chi connectivity index (χ0n) is 13.2. The van der Waals surface area contributed by atoms with Gasteiger partial charge in [0.15, 0.2) is 0 Å². The molecular weight excluding hydrogens is 303 g/mol. The number of hydrogen-bond donors (Lipinski definition) is 0. The Balaban J connectivity index is 1.76. The number of sulfonamides is 1. The first-order chi connectivity index (χ1) is 10.5. The van der Waals surface area contributed by atoms with Crippen LogP contribution in [0.2, 0.25) is 0 Å². The van der Waals surface area contributed by atoms with E-state index in [1.807, 2.05) is 6.92 Å². The Bertz CT molecular complexity index is 552. The number of halogens is 1. The highest BCUT2D eigenvalue weighted by Crippen LogP contribution is 2.11. The Morgan fingerprint density at radius 2 is 1.73 bits per heavy atom. The second-order valence-electron chi connectivity index (χ2n) is 5.79. The van der Waals surface area contributed by atoms with Crippen LogP contribution in [0.3, 0.4) is 0 Å². The molecule has 0 saturated carbocycles. The maximum absolute atomic E-state index is 12.9. The molecule has 0 N–H and O–H groups in total. The maximum atomic E-state index is 12.9. The average Bonchev–Trinajstić information content (AvgIpc) is 2.53. The third-order valence-electron chi connectivity index (χ3n) is 4.11.